The van der Waals surface area contributed by atoms with Gasteiger partial charge in [0.05, 0.1) is 10.6 Å². The topological polar surface area (TPSA) is 86.8 Å². The second kappa shape index (κ2) is 12.7. The van der Waals surface area contributed by atoms with E-state index in [4.69, 9.17) is 23.2 Å². The van der Waals surface area contributed by atoms with Gasteiger partial charge >= 0.3 is 0 Å². The summed E-state index contributed by atoms with van der Waals surface area (Å²) >= 11 is 12.4. The molecule has 1 atom stereocenters. The number of likely N-dealkylation sites (N-methyl/N-ethyl adjacent to an activating group) is 1. The van der Waals surface area contributed by atoms with E-state index in [9.17, 15) is 18.0 Å². The molecule has 1 unspecified atom stereocenters. The van der Waals surface area contributed by atoms with Crippen molar-refractivity contribution in [2.45, 2.75) is 44.7 Å². The molecule has 2 amide bonds. The molecule has 0 heterocycles. The number of benzene rings is 3. The van der Waals surface area contributed by atoms with Crippen LogP contribution in [-0.4, -0.2) is 44.8 Å². The predicted molar refractivity (Wildman–Crippen MR) is 152 cm³/mol. The Hall–Kier alpha value is -3.07. The number of anilines is 1. The number of nitrogens with one attached hydrogen (secondary N) is 1. The largest absolute Gasteiger partial charge is 0.357 e. The summed E-state index contributed by atoms with van der Waals surface area (Å²) in [4.78, 5) is 28.1. The zero-order chi connectivity index (χ0) is 28.0. The highest BCUT2D eigenvalue weighted by Gasteiger charge is 2.33. The maximum absolute atomic E-state index is 13.9. The molecule has 0 saturated carbocycles. The number of sulfonamides is 1. The van der Waals surface area contributed by atoms with E-state index >= 15 is 0 Å². The van der Waals surface area contributed by atoms with E-state index in [2.05, 4.69) is 5.32 Å². The third-order valence-corrected chi connectivity index (χ3v) is 8.32. The molecule has 0 saturated heterocycles. The van der Waals surface area contributed by atoms with Gasteiger partial charge < -0.3 is 10.2 Å². The smallest absolute Gasteiger partial charge is 0.264 e. The van der Waals surface area contributed by atoms with E-state index in [0.29, 0.717) is 6.42 Å². The van der Waals surface area contributed by atoms with Crippen LogP contribution in [0.1, 0.15) is 30.0 Å². The Morgan fingerprint density at radius 3 is 2.11 bits per heavy atom. The first-order valence-corrected chi connectivity index (χ1v) is 14.3. The van der Waals surface area contributed by atoms with Crippen molar-refractivity contribution >= 4 is 50.7 Å². The summed E-state index contributed by atoms with van der Waals surface area (Å²) < 4.78 is 28.7. The SMILES string of the molecule is CCC(C(=O)NC)N(Cc1cccc(C)c1)C(=O)CN(c1cc(Cl)cc(Cl)c1)S(=O)(=O)c1ccc(C)cc1. The van der Waals surface area contributed by atoms with Crippen LogP contribution in [-0.2, 0) is 26.2 Å². The quantitative estimate of drug-likeness (QED) is 0.352. The standard InChI is InChI=1S/C28H31Cl2N3O4S/c1-5-26(28(35)31-4)32(17-21-8-6-7-20(3)13-21)27(34)18-33(24-15-22(29)14-23(30)16-24)38(36,37)25-11-9-19(2)10-12-25/h6-16,26H,5,17-18H2,1-4H3,(H,31,35). The summed E-state index contributed by atoms with van der Waals surface area (Å²) in [5, 5.41) is 3.05. The highest BCUT2D eigenvalue weighted by molar-refractivity contribution is 7.92. The molecule has 38 heavy (non-hydrogen) atoms. The van der Waals surface area contributed by atoms with Gasteiger partial charge in [-0.05, 0) is 56.2 Å². The summed E-state index contributed by atoms with van der Waals surface area (Å²) in [6.07, 6.45) is 0.338. The van der Waals surface area contributed by atoms with Crippen molar-refractivity contribution in [2.75, 3.05) is 17.9 Å². The van der Waals surface area contributed by atoms with Crippen LogP contribution < -0.4 is 9.62 Å². The zero-order valence-corrected chi connectivity index (χ0v) is 24.1. The molecular formula is C28H31Cl2N3O4S. The lowest BCUT2D eigenvalue weighted by atomic mass is 10.1. The Balaban J connectivity index is 2.10. The molecule has 0 spiro atoms. The van der Waals surface area contributed by atoms with Crippen molar-refractivity contribution < 1.29 is 18.0 Å². The first kappa shape index (κ1) is 29.5. The number of amides is 2. The van der Waals surface area contributed by atoms with Gasteiger partial charge in [0, 0.05) is 23.6 Å². The maximum Gasteiger partial charge on any atom is 0.264 e. The molecule has 0 fully saturated rings. The molecule has 1 N–H and O–H groups in total. The Kier molecular flexibility index (Phi) is 9.82. The molecule has 7 nitrogen and oxygen atoms in total. The van der Waals surface area contributed by atoms with E-state index in [1.807, 2.05) is 38.1 Å². The van der Waals surface area contributed by atoms with Gasteiger partial charge in [0.25, 0.3) is 10.0 Å². The second-order valence-electron chi connectivity index (χ2n) is 9.00. The van der Waals surface area contributed by atoms with E-state index < -0.39 is 28.5 Å². The molecule has 0 aliphatic carbocycles. The molecule has 3 rings (SSSR count). The fourth-order valence-corrected chi connectivity index (χ4v) is 6.06. The average Bonchev–Trinajstić information content (AvgIpc) is 2.86. The number of hydrogen-bond donors (Lipinski definition) is 1. The Morgan fingerprint density at radius 2 is 1.55 bits per heavy atom. The maximum atomic E-state index is 13.9. The van der Waals surface area contributed by atoms with E-state index in [1.165, 1.54) is 42.3 Å². The number of rotatable bonds is 10. The number of nitrogens with zero attached hydrogens (tertiary/aromatic N) is 2. The number of halogens is 2. The van der Waals surface area contributed by atoms with Crippen LogP contribution in [0.15, 0.2) is 71.6 Å². The zero-order valence-electron chi connectivity index (χ0n) is 21.7. The highest BCUT2D eigenvalue weighted by atomic mass is 35.5. The summed E-state index contributed by atoms with van der Waals surface area (Å²) in [7, 11) is -2.70. The first-order chi connectivity index (χ1) is 18.0. The van der Waals surface area contributed by atoms with Gasteiger partial charge in [0.2, 0.25) is 11.8 Å². The monoisotopic (exact) mass is 575 g/mol. The molecule has 0 radical (unpaired) electrons. The van der Waals surface area contributed by atoms with Crippen LogP contribution >= 0.6 is 23.2 Å². The van der Waals surface area contributed by atoms with Crippen LogP contribution in [0, 0.1) is 13.8 Å². The first-order valence-electron chi connectivity index (χ1n) is 12.1. The summed E-state index contributed by atoms with van der Waals surface area (Å²) in [6, 6.07) is 17.5. The van der Waals surface area contributed by atoms with Gasteiger partial charge in [-0.25, -0.2) is 8.42 Å². The lowest BCUT2D eigenvalue weighted by Gasteiger charge is -2.33. The number of carbonyl (C=O) groups excluding carboxylic acids is 2. The van der Waals surface area contributed by atoms with E-state index in [1.54, 1.807) is 19.1 Å². The molecule has 0 aromatic heterocycles. The minimum atomic E-state index is -4.20. The van der Waals surface area contributed by atoms with Gasteiger partial charge in [0.15, 0.2) is 0 Å². The fraction of sp³-hybridized carbons (Fsp3) is 0.286. The van der Waals surface area contributed by atoms with Crippen LogP contribution in [0.25, 0.3) is 0 Å². The molecule has 0 aliphatic heterocycles. The van der Waals surface area contributed by atoms with Gasteiger partial charge in [-0.2, -0.15) is 0 Å². The molecule has 0 aliphatic rings. The van der Waals surface area contributed by atoms with Crippen LogP contribution in [0.4, 0.5) is 5.69 Å². The van der Waals surface area contributed by atoms with Crippen molar-refractivity contribution in [3.05, 3.63) is 93.5 Å². The van der Waals surface area contributed by atoms with Crippen molar-refractivity contribution in [1.29, 1.82) is 0 Å². The van der Waals surface area contributed by atoms with Crippen molar-refractivity contribution in [3.8, 4) is 0 Å². The Labute approximate surface area is 234 Å². The van der Waals surface area contributed by atoms with Gasteiger partial charge in [-0.1, -0.05) is 77.7 Å². The fourth-order valence-electron chi connectivity index (χ4n) is 4.14. The third-order valence-electron chi connectivity index (χ3n) is 6.09. The molecule has 202 valence electrons. The van der Waals surface area contributed by atoms with Gasteiger partial charge in [0.1, 0.15) is 12.6 Å². The molecule has 10 heteroatoms. The molecule has 3 aromatic carbocycles. The predicted octanol–water partition coefficient (Wildman–Crippen LogP) is 5.36. The number of aryl methyl sites for hydroxylation is 2. The lowest BCUT2D eigenvalue weighted by Crippen LogP contribution is -2.51. The van der Waals surface area contributed by atoms with Crippen molar-refractivity contribution in [2.24, 2.45) is 0 Å². The summed E-state index contributed by atoms with van der Waals surface area (Å²) in [6.45, 7) is 5.15. The summed E-state index contributed by atoms with van der Waals surface area (Å²) in [5.74, 6) is -0.888. The second-order valence-corrected chi connectivity index (χ2v) is 11.7. The van der Waals surface area contributed by atoms with E-state index in [0.717, 1.165) is 21.0 Å². The number of hydrogen-bond acceptors (Lipinski definition) is 4. The lowest BCUT2D eigenvalue weighted by molar-refractivity contribution is -0.140. The van der Waals surface area contributed by atoms with Crippen LogP contribution in [0.3, 0.4) is 0 Å². The van der Waals surface area contributed by atoms with Gasteiger partial charge in [-0.3, -0.25) is 13.9 Å². The minimum absolute atomic E-state index is 0.00979. The molecule has 3 aromatic rings. The normalized spacial score (nSPS) is 12.1. The van der Waals surface area contributed by atoms with E-state index in [-0.39, 0.29) is 33.1 Å². The summed E-state index contributed by atoms with van der Waals surface area (Å²) in [5.41, 5.74) is 2.84. The van der Waals surface area contributed by atoms with Crippen LogP contribution in [0.2, 0.25) is 10.0 Å². The molecule has 0 bridgehead atoms. The van der Waals surface area contributed by atoms with Crippen molar-refractivity contribution in [1.82, 2.24) is 10.2 Å². The number of carbonyl (C=O) groups is 2. The Bertz CT molecular complexity index is 1390. The third kappa shape index (κ3) is 7.07. The van der Waals surface area contributed by atoms with Crippen LogP contribution in [0.5, 0.6) is 0 Å². The average molecular weight is 577 g/mol. The van der Waals surface area contributed by atoms with Crippen molar-refractivity contribution in [3.63, 3.8) is 0 Å². The van der Waals surface area contributed by atoms with Gasteiger partial charge in [-0.15, -0.1) is 0 Å². The Morgan fingerprint density at radius 1 is 0.921 bits per heavy atom. The highest BCUT2D eigenvalue weighted by Crippen LogP contribution is 2.30. The minimum Gasteiger partial charge on any atom is -0.357 e. The molecular weight excluding hydrogens is 545 g/mol.